The number of aromatic nitrogens is 1. The second kappa shape index (κ2) is 10.2. The summed E-state index contributed by atoms with van der Waals surface area (Å²) in [6, 6.07) is 9.94. The van der Waals surface area contributed by atoms with E-state index >= 15 is 0 Å². The lowest BCUT2D eigenvalue weighted by molar-refractivity contribution is -0.139. The highest BCUT2D eigenvalue weighted by Crippen LogP contribution is 2.33. The van der Waals surface area contributed by atoms with Gasteiger partial charge in [-0.2, -0.15) is 0 Å². The third kappa shape index (κ3) is 4.72. The van der Waals surface area contributed by atoms with Crippen molar-refractivity contribution in [3.63, 3.8) is 0 Å². The van der Waals surface area contributed by atoms with Crippen molar-refractivity contribution in [2.45, 2.75) is 19.9 Å². The molecule has 1 aliphatic heterocycles. The van der Waals surface area contributed by atoms with Gasteiger partial charge in [-0.3, -0.25) is 9.36 Å². The smallest absolute Gasteiger partial charge is 0.338 e. The summed E-state index contributed by atoms with van der Waals surface area (Å²) in [4.78, 5) is 31.7. The molecule has 2 aromatic carbocycles. The number of hydrogen-bond donors (Lipinski definition) is 1. The van der Waals surface area contributed by atoms with Gasteiger partial charge in [0.1, 0.15) is 5.75 Å². The van der Waals surface area contributed by atoms with Crippen molar-refractivity contribution in [3.8, 4) is 17.2 Å². The van der Waals surface area contributed by atoms with Crippen LogP contribution in [0.25, 0.3) is 6.08 Å². The molecule has 0 spiro atoms. The molecule has 182 valence electrons. The minimum atomic E-state index is -0.701. The number of esters is 1. The van der Waals surface area contributed by atoms with Crippen molar-refractivity contribution in [1.82, 2.24) is 4.57 Å². The number of benzene rings is 2. The van der Waals surface area contributed by atoms with Gasteiger partial charge in [0.2, 0.25) is 0 Å². The maximum absolute atomic E-state index is 13.7. The fraction of sp³-hybridized carbons (Fsp3) is 0.240. The first kappa shape index (κ1) is 25.0. The minimum Gasteiger partial charge on any atom is -0.504 e. The van der Waals surface area contributed by atoms with Crippen LogP contribution in [-0.2, 0) is 9.53 Å². The van der Waals surface area contributed by atoms with E-state index < -0.39 is 12.0 Å². The maximum atomic E-state index is 13.7. The van der Waals surface area contributed by atoms with E-state index in [1.54, 1.807) is 51.3 Å². The van der Waals surface area contributed by atoms with E-state index in [1.165, 1.54) is 23.0 Å². The van der Waals surface area contributed by atoms with Crippen LogP contribution in [0.3, 0.4) is 0 Å². The van der Waals surface area contributed by atoms with E-state index in [1.807, 2.05) is 34.7 Å². The summed E-state index contributed by atoms with van der Waals surface area (Å²) in [5, 5.41) is 10.1. The average molecular weight is 606 g/mol. The summed E-state index contributed by atoms with van der Waals surface area (Å²) in [7, 11) is 3.04. The maximum Gasteiger partial charge on any atom is 0.338 e. The number of carbonyl (C=O) groups is 1. The van der Waals surface area contributed by atoms with Crippen LogP contribution in [0.15, 0.2) is 57.5 Å². The Balaban J connectivity index is 1.94. The van der Waals surface area contributed by atoms with E-state index in [9.17, 15) is 14.7 Å². The zero-order valence-corrected chi connectivity index (χ0v) is 22.5. The van der Waals surface area contributed by atoms with E-state index in [0.717, 1.165) is 5.56 Å². The topological polar surface area (TPSA) is 99.4 Å². The number of rotatable bonds is 6. The molecule has 2 heterocycles. The number of allylic oxidation sites excluding steroid dienone is 1. The Labute approximate surface area is 218 Å². The largest absolute Gasteiger partial charge is 0.504 e. The van der Waals surface area contributed by atoms with Crippen LogP contribution in [0.1, 0.15) is 31.0 Å². The number of phenolic OH excluding ortho intramolecular Hbond substituents is 1. The molecule has 3 aromatic rings. The number of aromatic hydroxyl groups is 1. The molecule has 1 N–H and O–H groups in total. The molecule has 35 heavy (non-hydrogen) atoms. The molecule has 8 nitrogen and oxygen atoms in total. The van der Waals surface area contributed by atoms with Crippen molar-refractivity contribution in [3.05, 3.63) is 82.1 Å². The highest BCUT2D eigenvalue weighted by atomic mass is 127. The first-order valence-electron chi connectivity index (χ1n) is 10.7. The molecule has 1 aromatic heterocycles. The summed E-state index contributed by atoms with van der Waals surface area (Å²) in [6.07, 6.45) is 1.72. The standard InChI is InChI=1S/C25H23IN2O6S/c1-5-34-24(31)20-13(2)27-25-28(21(20)15-6-8-16(32-3)9-7-15)23(30)19(35-25)12-14-10-17(26)22(29)18(11-14)33-4/h6-12,21,29H,5H2,1-4H3. The lowest BCUT2D eigenvalue weighted by atomic mass is 9.96. The monoisotopic (exact) mass is 606 g/mol. The molecule has 1 aliphatic rings. The number of thiazole rings is 1. The third-order valence-electron chi connectivity index (χ3n) is 5.52. The van der Waals surface area contributed by atoms with Crippen molar-refractivity contribution >= 4 is 46.0 Å². The fourth-order valence-corrected chi connectivity index (χ4v) is 5.55. The molecule has 1 atom stereocenters. The number of hydrogen-bond acceptors (Lipinski definition) is 8. The highest BCUT2D eigenvalue weighted by molar-refractivity contribution is 14.1. The normalized spacial score (nSPS) is 15.5. The van der Waals surface area contributed by atoms with E-state index in [2.05, 4.69) is 4.99 Å². The first-order chi connectivity index (χ1) is 16.8. The summed E-state index contributed by atoms with van der Waals surface area (Å²) in [6.45, 7) is 3.68. The number of methoxy groups -OCH3 is 2. The molecular weight excluding hydrogens is 583 g/mol. The molecule has 0 saturated carbocycles. The van der Waals surface area contributed by atoms with Gasteiger partial charge >= 0.3 is 5.97 Å². The molecule has 0 fully saturated rings. The van der Waals surface area contributed by atoms with Gasteiger partial charge < -0.3 is 19.3 Å². The zero-order valence-electron chi connectivity index (χ0n) is 19.5. The molecule has 0 aliphatic carbocycles. The van der Waals surface area contributed by atoms with Gasteiger partial charge in [-0.1, -0.05) is 23.5 Å². The van der Waals surface area contributed by atoms with Crippen molar-refractivity contribution in [2.24, 2.45) is 4.99 Å². The van der Waals surface area contributed by atoms with Gasteiger partial charge in [0.15, 0.2) is 16.3 Å². The Bertz CT molecular complexity index is 1500. The summed E-state index contributed by atoms with van der Waals surface area (Å²) in [5.41, 5.74) is 1.95. The lowest BCUT2D eigenvalue weighted by Crippen LogP contribution is -2.39. The Morgan fingerprint density at radius 1 is 1.23 bits per heavy atom. The van der Waals surface area contributed by atoms with Crippen LogP contribution in [0.4, 0.5) is 0 Å². The summed E-state index contributed by atoms with van der Waals surface area (Å²) in [5.74, 6) is 0.505. The van der Waals surface area contributed by atoms with Crippen LogP contribution in [0, 0.1) is 3.57 Å². The minimum absolute atomic E-state index is 0.0425. The third-order valence-corrected chi connectivity index (χ3v) is 7.32. The Hall–Kier alpha value is -3.12. The first-order valence-corrected chi connectivity index (χ1v) is 12.6. The number of halogens is 1. The molecule has 4 rings (SSSR count). The van der Waals surface area contributed by atoms with Crippen LogP contribution in [0.2, 0.25) is 0 Å². The van der Waals surface area contributed by atoms with Gasteiger partial charge in [0.25, 0.3) is 5.56 Å². The molecule has 10 heteroatoms. The van der Waals surface area contributed by atoms with E-state index in [4.69, 9.17) is 14.2 Å². The van der Waals surface area contributed by atoms with Crippen LogP contribution < -0.4 is 24.4 Å². The SMILES string of the molecule is CCOC(=O)C1=C(C)N=c2sc(=Cc3cc(I)c(O)c(OC)c3)c(=O)n2C1c1ccc(OC)cc1. The molecule has 0 amide bonds. The van der Waals surface area contributed by atoms with Crippen molar-refractivity contribution in [1.29, 1.82) is 0 Å². The van der Waals surface area contributed by atoms with Crippen LogP contribution >= 0.6 is 33.9 Å². The number of fused-ring (bicyclic) bond motifs is 1. The van der Waals surface area contributed by atoms with Crippen molar-refractivity contribution < 1.29 is 24.1 Å². The predicted molar refractivity (Wildman–Crippen MR) is 141 cm³/mol. The van der Waals surface area contributed by atoms with Gasteiger partial charge in [-0.15, -0.1) is 0 Å². The Morgan fingerprint density at radius 3 is 2.57 bits per heavy atom. The molecule has 0 saturated heterocycles. The second-order valence-electron chi connectivity index (χ2n) is 7.63. The van der Waals surface area contributed by atoms with Crippen molar-refractivity contribution in [2.75, 3.05) is 20.8 Å². The van der Waals surface area contributed by atoms with Gasteiger partial charge in [-0.25, -0.2) is 9.79 Å². The molecule has 0 radical (unpaired) electrons. The molecule has 1 unspecified atom stereocenters. The fourth-order valence-electron chi connectivity index (χ4n) is 3.88. The average Bonchev–Trinajstić information content (AvgIpc) is 3.14. The van der Waals surface area contributed by atoms with E-state index in [-0.39, 0.29) is 17.9 Å². The van der Waals surface area contributed by atoms with Gasteiger partial charge in [0.05, 0.1) is 46.2 Å². The number of nitrogens with zero attached hydrogens (tertiary/aromatic N) is 2. The van der Waals surface area contributed by atoms with Gasteiger partial charge in [-0.05, 0) is 77.9 Å². The van der Waals surface area contributed by atoms with Gasteiger partial charge in [0, 0.05) is 0 Å². The van der Waals surface area contributed by atoms with Crippen LogP contribution in [0.5, 0.6) is 17.2 Å². The Kier molecular flexibility index (Phi) is 7.31. The second-order valence-corrected chi connectivity index (χ2v) is 9.80. The number of phenols is 1. The summed E-state index contributed by atoms with van der Waals surface area (Å²) >= 11 is 3.24. The number of ether oxygens (including phenoxy) is 3. The zero-order chi connectivity index (χ0) is 25.3. The molecular formula is C25H23IN2O6S. The number of carbonyl (C=O) groups excluding carboxylic acids is 1. The van der Waals surface area contributed by atoms with Crippen LogP contribution in [-0.4, -0.2) is 36.5 Å². The highest BCUT2D eigenvalue weighted by Gasteiger charge is 2.33. The predicted octanol–water partition coefficient (Wildman–Crippen LogP) is 3.13. The van der Waals surface area contributed by atoms with E-state index in [0.29, 0.717) is 41.2 Å². The Morgan fingerprint density at radius 2 is 1.94 bits per heavy atom. The quantitative estimate of drug-likeness (QED) is 0.342. The summed E-state index contributed by atoms with van der Waals surface area (Å²) < 4.78 is 18.4. The molecule has 0 bridgehead atoms. The lowest BCUT2D eigenvalue weighted by Gasteiger charge is -2.24.